The highest BCUT2D eigenvalue weighted by Gasteiger charge is 2.30. The van der Waals surface area contributed by atoms with E-state index in [1.807, 2.05) is 6.07 Å². The highest BCUT2D eigenvalue weighted by atomic mass is 32.2. The lowest BCUT2D eigenvalue weighted by Gasteiger charge is -2.27. The van der Waals surface area contributed by atoms with Gasteiger partial charge in [-0.2, -0.15) is 13.2 Å². The molecule has 0 bridgehead atoms. The van der Waals surface area contributed by atoms with Crippen LogP contribution in [-0.2, 0) is 16.4 Å². The lowest BCUT2D eigenvalue weighted by molar-refractivity contribution is -0.140. The molecule has 3 N–H and O–H groups in total. The third kappa shape index (κ3) is 6.74. The number of benzene rings is 2. The van der Waals surface area contributed by atoms with E-state index in [9.17, 15) is 26.7 Å². The van der Waals surface area contributed by atoms with Gasteiger partial charge in [-0.3, -0.25) is 0 Å². The average Bonchev–Trinajstić information content (AvgIpc) is 3.19. The van der Waals surface area contributed by atoms with E-state index in [4.69, 9.17) is 4.74 Å². The first-order valence-corrected chi connectivity index (χ1v) is 14.1. The molecule has 11 heteroatoms. The maximum absolute atomic E-state index is 13.5. The summed E-state index contributed by atoms with van der Waals surface area (Å²) in [6, 6.07) is 11.4. The number of hydrogen-bond donors (Lipinski definition) is 3. The smallest absolute Gasteiger partial charge is 0.406 e. The number of alkyl halides is 3. The van der Waals surface area contributed by atoms with Gasteiger partial charge in [-0.25, -0.2) is 8.42 Å². The van der Waals surface area contributed by atoms with Crippen molar-refractivity contribution < 1.29 is 31.4 Å². The standard InChI is InChI=1S/C27H30F3N3O4S/c1-37-26-16-21(38(2,35)36)12-13-24(26)31-14-4-5-19-15-22-23(32-18-8-10-20(34)11-9-18)6-3-7-25(22)33(19)17-27(28,29)30/h3,6-7,12-13,15-16,18,20,31-32,34H,8-11,14,17H2,1-2H3/t18-,20-. The number of aliphatic hydroxyl groups is 1. The minimum atomic E-state index is -4.43. The Morgan fingerprint density at radius 2 is 1.84 bits per heavy atom. The van der Waals surface area contributed by atoms with E-state index in [-0.39, 0.29) is 29.3 Å². The molecule has 7 nitrogen and oxygen atoms in total. The minimum Gasteiger partial charge on any atom is -0.495 e. The number of halogens is 3. The monoisotopic (exact) mass is 549 g/mol. The van der Waals surface area contributed by atoms with Crippen molar-refractivity contribution in [2.24, 2.45) is 0 Å². The van der Waals surface area contributed by atoms with Crippen molar-refractivity contribution in [3.05, 3.63) is 48.2 Å². The Kier molecular flexibility index (Phi) is 8.13. The third-order valence-corrected chi connectivity index (χ3v) is 7.63. The lowest BCUT2D eigenvalue weighted by atomic mass is 9.93. The molecule has 1 fully saturated rings. The van der Waals surface area contributed by atoms with E-state index >= 15 is 0 Å². The van der Waals surface area contributed by atoms with Crippen LogP contribution in [0, 0.1) is 11.8 Å². The van der Waals surface area contributed by atoms with Gasteiger partial charge in [0.25, 0.3) is 0 Å². The molecule has 3 aromatic rings. The third-order valence-electron chi connectivity index (χ3n) is 6.52. The van der Waals surface area contributed by atoms with E-state index in [2.05, 4.69) is 22.5 Å². The molecular formula is C27H30F3N3O4S. The number of hydrogen-bond acceptors (Lipinski definition) is 6. The summed E-state index contributed by atoms with van der Waals surface area (Å²) in [5, 5.41) is 16.9. The highest BCUT2D eigenvalue weighted by molar-refractivity contribution is 7.90. The van der Waals surface area contributed by atoms with Gasteiger partial charge in [0.1, 0.15) is 12.3 Å². The number of methoxy groups -OCH3 is 1. The Morgan fingerprint density at radius 1 is 1.11 bits per heavy atom. The fraction of sp³-hybridized carbons (Fsp3) is 0.407. The Hall–Kier alpha value is -3.36. The molecule has 1 aliphatic carbocycles. The van der Waals surface area contributed by atoms with Crippen LogP contribution in [0.15, 0.2) is 47.4 Å². The first-order valence-electron chi connectivity index (χ1n) is 12.2. The van der Waals surface area contributed by atoms with Crippen molar-refractivity contribution >= 4 is 32.1 Å². The summed E-state index contributed by atoms with van der Waals surface area (Å²) < 4.78 is 70.4. The molecule has 1 aromatic heterocycles. The largest absolute Gasteiger partial charge is 0.495 e. The summed E-state index contributed by atoms with van der Waals surface area (Å²) >= 11 is 0. The molecule has 0 saturated heterocycles. The Balaban J connectivity index is 1.59. The molecule has 0 spiro atoms. The molecule has 1 aliphatic rings. The number of rotatable bonds is 7. The van der Waals surface area contributed by atoms with Crippen molar-refractivity contribution in [3.63, 3.8) is 0 Å². The van der Waals surface area contributed by atoms with Gasteiger partial charge >= 0.3 is 6.18 Å². The number of nitrogens with one attached hydrogen (secondary N) is 2. The van der Waals surface area contributed by atoms with Gasteiger partial charge in [-0.05, 0) is 61.9 Å². The summed E-state index contributed by atoms with van der Waals surface area (Å²) in [4.78, 5) is 0.108. The van der Waals surface area contributed by atoms with Gasteiger partial charge in [0, 0.05) is 29.4 Å². The predicted molar refractivity (Wildman–Crippen MR) is 141 cm³/mol. The molecular weight excluding hydrogens is 519 g/mol. The van der Waals surface area contributed by atoms with Crippen molar-refractivity contribution in [1.82, 2.24) is 4.57 Å². The van der Waals surface area contributed by atoms with Crippen molar-refractivity contribution in [3.8, 4) is 17.6 Å². The first kappa shape index (κ1) is 27.7. The summed E-state index contributed by atoms with van der Waals surface area (Å²) in [5.74, 6) is 6.04. The van der Waals surface area contributed by atoms with Crippen LogP contribution in [0.4, 0.5) is 24.5 Å². The molecule has 0 amide bonds. The number of fused-ring (bicyclic) bond motifs is 1. The minimum absolute atomic E-state index is 0.0949. The zero-order valence-corrected chi connectivity index (χ0v) is 21.9. The fourth-order valence-electron chi connectivity index (χ4n) is 4.63. The zero-order valence-electron chi connectivity index (χ0n) is 21.1. The quantitative estimate of drug-likeness (QED) is 0.367. The maximum atomic E-state index is 13.5. The fourth-order valence-corrected chi connectivity index (χ4v) is 5.26. The second kappa shape index (κ2) is 11.2. The van der Waals surface area contributed by atoms with Crippen LogP contribution in [0.5, 0.6) is 5.75 Å². The lowest BCUT2D eigenvalue weighted by Crippen LogP contribution is -2.28. The van der Waals surface area contributed by atoms with Crippen LogP contribution in [0.3, 0.4) is 0 Å². The second-order valence-corrected chi connectivity index (χ2v) is 11.4. The molecule has 0 unspecified atom stereocenters. The number of ether oxygens (including phenoxy) is 1. The SMILES string of the molecule is COc1cc(S(C)(=O)=O)ccc1NCC#Cc1cc2c(N[C@H]3CC[C@H](O)CC3)cccc2n1CC(F)(F)F. The Bertz CT molecular complexity index is 1460. The van der Waals surface area contributed by atoms with Crippen molar-refractivity contribution in [1.29, 1.82) is 0 Å². The number of aromatic nitrogens is 1. The second-order valence-electron chi connectivity index (χ2n) is 9.41. The van der Waals surface area contributed by atoms with E-state index in [0.717, 1.165) is 24.8 Å². The average molecular weight is 550 g/mol. The van der Waals surface area contributed by atoms with Crippen LogP contribution in [0.25, 0.3) is 10.9 Å². The summed E-state index contributed by atoms with van der Waals surface area (Å²) in [6.07, 6.45) is -0.687. The molecule has 1 saturated carbocycles. The van der Waals surface area contributed by atoms with E-state index in [1.165, 1.54) is 23.8 Å². The molecule has 2 aromatic carbocycles. The number of anilines is 2. The van der Waals surface area contributed by atoms with Crippen LogP contribution < -0.4 is 15.4 Å². The van der Waals surface area contributed by atoms with Gasteiger partial charge < -0.3 is 25.0 Å². The van der Waals surface area contributed by atoms with E-state index < -0.39 is 22.6 Å². The molecule has 1 heterocycles. The van der Waals surface area contributed by atoms with Crippen LogP contribution in [-0.4, -0.2) is 56.3 Å². The van der Waals surface area contributed by atoms with E-state index in [0.29, 0.717) is 35.2 Å². The van der Waals surface area contributed by atoms with Gasteiger partial charge in [-0.15, -0.1) is 0 Å². The molecule has 0 atom stereocenters. The normalized spacial score (nSPS) is 18.1. The number of aliphatic hydroxyl groups excluding tert-OH is 1. The number of sulfone groups is 1. The van der Waals surface area contributed by atoms with Crippen molar-refractivity contribution in [2.45, 2.75) is 55.4 Å². The van der Waals surface area contributed by atoms with Crippen molar-refractivity contribution in [2.75, 3.05) is 30.5 Å². The summed E-state index contributed by atoms with van der Waals surface area (Å²) in [6.45, 7) is -1.08. The van der Waals surface area contributed by atoms with Crippen LogP contribution >= 0.6 is 0 Å². The van der Waals surface area contributed by atoms with Gasteiger partial charge in [-0.1, -0.05) is 12.0 Å². The Morgan fingerprint density at radius 3 is 2.50 bits per heavy atom. The molecule has 38 heavy (non-hydrogen) atoms. The van der Waals surface area contributed by atoms with Gasteiger partial charge in [0.2, 0.25) is 0 Å². The Labute approximate surface area is 219 Å². The van der Waals surface area contributed by atoms with Gasteiger partial charge in [0.05, 0.1) is 41.6 Å². The van der Waals surface area contributed by atoms with Gasteiger partial charge in [0.15, 0.2) is 9.84 Å². The number of nitrogens with zero attached hydrogens (tertiary/aromatic N) is 1. The molecule has 0 radical (unpaired) electrons. The molecule has 0 aliphatic heterocycles. The van der Waals surface area contributed by atoms with Crippen LogP contribution in [0.1, 0.15) is 31.4 Å². The maximum Gasteiger partial charge on any atom is 0.406 e. The molecule has 4 rings (SSSR count). The molecule has 204 valence electrons. The summed E-state index contributed by atoms with van der Waals surface area (Å²) in [7, 11) is -2.00. The topological polar surface area (TPSA) is 92.6 Å². The highest BCUT2D eigenvalue weighted by Crippen LogP contribution is 2.32. The first-order chi connectivity index (χ1) is 17.9. The van der Waals surface area contributed by atoms with Crippen LogP contribution in [0.2, 0.25) is 0 Å². The predicted octanol–water partition coefficient (Wildman–Crippen LogP) is 4.79. The van der Waals surface area contributed by atoms with E-state index in [1.54, 1.807) is 24.3 Å². The summed E-state index contributed by atoms with van der Waals surface area (Å²) in [5.41, 5.74) is 1.90. The zero-order chi connectivity index (χ0) is 27.5.